The van der Waals surface area contributed by atoms with Crippen molar-refractivity contribution in [3.8, 4) is 11.5 Å². The van der Waals surface area contributed by atoms with Crippen molar-refractivity contribution in [2.24, 2.45) is 11.8 Å². The molecule has 1 fully saturated rings. The maximum atomic E-state index is 12.8. The van der Waals surface area contributed by atoms with E-state index in [2.05, 4.69) is 0 Å². The van der Waals surface area contributed by atoms with E-state index in [4.69, 9.17) is 4.74 Å². The van der Waals surface area contributed by atoms with Crippen molar-refractivity contribution in [3.05, 3.63) is 23.3 Å². The predicted octanol–water partition coefficient (Wildman–Crippen LogP) is -0.261. The molecule has 0 spiro atoms. The number of phenolic OH excluding ortho intramolecular Hbond substituents is 1. The van der Waals surface area contributed by atoms with Crippen LogP contribution in [-0.4, -0.2) is 56.2 Å². The van der Waals surface area contributed by atoms with Crippen molar-refractivity contribution in [3.63, 3.8) is 0 Å². The number of rotatable bonds is 1. The smallest absolute Gasteiger partial charge is 0.169 e. The number of Topliss-reactive ketones (excluding diaryl/α,β-unsaturated/α-hetero) is 1. The van der Waals surface area contributed by atoms with Gasteiger partial charge in [0.1, 0.15) is 17.6 Å². The fourth-order valence-corrected chi connectivity index (χ4v) is 3.84. The highest BCUT2D eigenvalue weighted by Crippen LogP contribution is 2.51. The van der Waals surface area contributed by atoms with Crippen molar-refractivity contribution < 1.29 is 35.1 Å². The Bertz CT molecular complexity index is 654. The Labute approximate surface area is 132 Å². The van der Waals surface area contributed by atoms with E-state index in [9.17, 15) is 30.3 Å². The van der Waals surface area contributed by atoms with Gasteiger partial charge in [-0.3, -0.25) is 4.79 Å². The molecule has 0 bridgehead atoms. The zero-order valence-corrected chi connectivity index (χ0v) is 12.8. The van der Waals surface area contributed by atoms with Crippen LogP contribution in [0, 0.1) is 11.8 Å². The van der Waals surface area contributed by atoms with E-state index in [-0.39, 0.29) is 29.0 Å². The molecule has 0 aliphatic heterocycles. The zero-order valence-electron chi connectivity index (χ0n) is 12.8. The Morgan fingerprint density at radius 2 is 1.91 bits per heavy atom. The third-order valence-electron chi connectivity index (χ3n) is 5.08. The van der Waals surface area contributed by atoms with Gasteiger partial charge >= 0.3 is 0 Å². The number of aromatic hydroxyl groups is 1. The molecule has 7 heteroatoms. The Morgan fingerprint density at radius 3 is 2.52 bits per heavy atom. The van der Waals surface area contributed by atoms with Gasteiger partial charge in [-0.15, -0.1) is 0 Å². The third-order valence-corrected chi connectivity index (χ3v) is 5.08. The molecular formula is C16H20O7. The first-order valence-electron chi connectivity index (χ1n) is 7.40. The van der Waals surface area contributed by atoms with Crippen LogP contribution in [0.5, 0.6) is 11.5 Å². The average Bonchev–Trinajstić information content (AvgIpc) is 2.49. The van der Waals surface area contributed by atoms with Gasteiger partial charge in [0, 0.05) is 23.1 Å². The second-order valence-electron chi connectivity index (χ2n) is 6.60. The molecule has 0 radical (unpaired) electrons. The number of hydrogen-bond acceptors (Lipinski definition) is 7. The fourth-order valence-electron chi connectivity index (χ4n) is 3.84. The monoisotopic (exact) mass is 324 g/mol. The third kappa shape index (κ3) is 2.23. The number of hydrogen-bond donors (Lipinski definition) is 5. The highest BCUT2D eigenvalue weighted by molar-refractivity contribution is 6.02. The molecule has 3 rings (SSSR count). The highest BCUT2D eigenvalue weighted by atomic mass is 16.5. The summed E-state index contributed by atoms with van der Waals surface area (Å²) in [7, 11) is 1.38. The lowest BCUT2D eigenvalue weighted by atomic mass is 9.60. The van der Waals surface area contributed by atoms with Crippen LogP contribution in [0.25, 0.3) is 0 Å². The molecule has 0 heterocycles. The topological polar surface area (TPSA) is 127 Å². The van der Waals surface area contributed by atoms with Crippen LogP contribution < -0.4 is 4.74 Å². The number of phenols is 1. The molecule has 126 valence electrons. The summed E-state index contributed by atoms with van der Waals surface area (Å²) < 4.78 is 5.02. The van der Waals surface area contributed by atoms with Crippen molar-refractivity contribution in [1.29, 1.82) is 0 Å². The number of aliphatic hydroxyl groups is 4. The largest absolute Gasteiger partial charge is 0.507 e. The molecular weight excluding hydrogens is 304 g/mol. The molecule has 6 atom stereocenters. The molecule has 0 saturated heterocycles. The number of benzene rings is 1. The predicted molar refractivity (Wildman–Crippen MR) is 78.2 cm³/mol. The first-order chi connectivity index (χ1) is 10.7. The molecule has 2 aliphatic carbocycles. The quantitative estimate of drug-likeness (QED) is 0.481. The van der Waals surface area contributed by atoms with Gasteiger partial charge in [-0.25, -0.2) is 0 Å². The van der Waals surface area contributed by atoms with Crippen LogP contribution in [0.15, 0.2) is 12.1 Å². The molecule has 1 aromatic rings. The number of carbonyl (C=O) groups is 1. The molecule has 0 amide bonds. The van der Waals surface area contributed by atoms with Crippen LogP contribution in [0.2, 0.25) is 0 Å². The van der Waals surface area contributed by atoms with Crippen LogP contribution >= 0.6 is 0 Å². The van der Waals surface area contributed by atoms with Gasteiger partial charge in [0.15, 0.2) is 5.78 Å². The van der Waals surface area contributed by atoms with E-state index >= 15 is 0 Å². The van der Waals surface area contributed by atoms with E-state index < -0.39 is 41.5 Å². The van der Waals surface area contributed by atoms with E-state index in [0.717, 1.165) is 0 Å². The lowest BCUT2D eigenvalue weighted by molar-refractivity contribution is -0.184. The van der Waals surface area contributed by atoms with Crippen LogP contribution in [0.3, 0.4) is 0 Å². The summed E-state index contributed by atoms with van der Waals surface area (Å²) in [5.41, 5.74) is -1.51. The summed E-state index contributed by atoms with van der Waals surface area (Å²) in [5, 5.41) is 51.3. The molecule has 1 aromatic carbocycles. The Balaban J connectivity index is 2.15. The normalized spacial score (nSPS) is 39.6. The number of carbonyl (C=O) groups excluding carboxylic acids is 1. The van der Waals surface area contributed by atoms with Gasteiger partial charge in [-0.1, -0.05) is 0 Å². The number of ether oxygens (including phenoxy) is 1. The molecule has 5 N–H and O–H groups in total. The summed E-state index contributed by atoms with van der Waals surface area (Å²) >= 11 is 0. The first-order valence-corrected chi connectivity index (χ1v) is 7.40. The van der Waals surface area contributed by atoms with Gasteiger partial charge in [-0.2, -0.15) is 0 Å². The summed E-state index contributed by atoms with van der Waals surface area (Å²) in [6.45, 7) is 1.34. The van der Waals surface area contributed by atoms with Crippen LogP contribution in [0.1, 0.15) is 35.4 Å². The lowest BCUT2D eigenvalue weighted by Gasteiger charge is -2.49. The second kappa shape index (κ2) is 5.17. The lowest BCUT2D eigenvalue weighted by Crippen LogP contribution is -2.61. The van der Waals surface area contributed by atoms with E-state index in [0.29, 0.717) is 0 Å². The SMILES string of the molecule is COc1cc(O)c2c(c1)C(=O)[C@H]1[C@@H](O)[C@H](O)[C@](C)(O)C[C@@H]1[C@H]2O. The maximum absolute atomic E-state index is 12.8. The second-order valence-corrected chi connectivity index (χ2v) is 6.60. The molecule has 2 aliphatic rings. The fraction of sp³-hybridized carbons (Fsp3) is 0.562. The molecule has 1 saturated carbocycles. The Morgan fingerprint density at radius 1 is 1.26 bits per heavy atom. The van der Waals surface area contributed by atoms with Crippen molar-refractivity contribution in [2.45, 2.75) is 37.3 Å². The van der Waals surface area contributed by atoms with Gasteiger partial charge < -0.3 is 30.3 Å². The van der Waals surface area contributed by atoms with Crippen molar-refractivity contribution in [1.82, 2.24) is 0 Å². The average molecular weight is 324 g/mol. The summed E-state index contributed by atoms with van der Waals surface area (Å²) in [6, 6.07) is 2.69. The van der Waals surface area contributed by atoms with Crippen molar-refractivity contribution >= 4 is 5.78 Å². The minimum Gasteiger partial charge on any atom is -0.507 e. The summed E-state index contributed by atoms with van der Waals surface area (Å²) in [4.78, 5) is 12.8. The summed E-state index contributed by atoms with van der Waals surface area (Å²) in [6.07, 6.45) is -4.33. The number of ketones is 1. The number of methoxy groups -OCH3 is 1. The van der Waals surface area contributed by atoms with Gasteiger partial charge in [0.2, 0.25) is 0 Å². The van der Waals surface area contributed by atoms with Crippen molar-refractivity contribution in [2.75, 3.05) is 7.11 Å². The standard InChI is InChI=1S/C16H20O7/c1-16(22)5-8-11(14(20)15(16)21)12(18)7-3-6(23-2)4-9(17)10(7)13(8)19/h3-4,8,11,13-15,17,19-22H,5H2,1-2H3/t8-,11-,13+,14+,15-,16+/m0/s1. The zero-order chi connectivity index (χ0) is 17.1. The maximum Gasteiger partial charge on any atom is 0.169 e. The number of aliphatic hydroxyl groups excluding tert-OH is 3. The van der Waals surface area contributed by atoms with Crippen LogP contribution in [0.4, 0.5) is 0 Å². The van der Waals surface area contributed by atoms with E-state index in [1.165, 1.54) is 26.2 Å². The van der Waals surface area contributed by atoms with Gasteiger partial charge in [-0.05, 0) is 19.4 Å². The van der Waals surface area contributed by atoms with E-state index in [1.807, 2.05) is 0 Å². The van der Waals surface area contributed by atoms with Gasteiger partial charge in [0.25, 0.3) is 0 Å². The highest BCUT2D eigenvalue weighted by Gasteiger charge is 2.56. The first kappa shape index (κ1) is 16.2. The van der Waals surface area contributed by atoms with Crippen LogP contribution in [-0.2, 0) is 0 Å². The minimum atomic E-state index is -1.64. The molecule has 7 nitrogen and oxygen atoms in total. The van der Waals surface area contributed by atoms with Gasteiger partial charge in [0.05, 0.1) is 30.8 Å². The molecule has 0 aromatic heterocycles. The summed E-state index contributed by atoms with van der Waals surface area (Å²) in [5.74, 6) is -2.38. The Kier molecular flexibility index (Phi) is 3.64. The minimum absolute atomic E-state index is 0.0587. The number of fused-ring (bicyclic) bond motifs is 2. The molecule has 23 heavy (non-hydrogen) atoms. The Hall–Kier alpha value is -1.67. The van der Waals surface area contributed by atoms with E-state index in [1.54, 1.807) is 0 Å². The molecule has 0 unspecified atom stereocenters.